The number of hydrogen-bond donors (Lipinski definition) is 0. The molecule has 1 aliphatic rings. The normalized spacial score (nSPS) is 15.8. The van der Waals surface area contributed by atoms with Crippen LogP contribution in [0.2, 0.25) is 0 Å². The predicted molar refractivity (Wildman–Crippen MR) is 85.2 cm³/mol. The van der Waals surface area contributed by atoms with Gasteiger partial charge in [0.25, 0.3) is 0 Å². The van der Waals surface area contributed by atoms with Gasteiger partial charge in [-0.15, -0.1) is 11.3 Å². The van der Waals surface area contributed by atoms with E-state index in [0.29, 0.717) is 6.61 Å². The van der Waals surface area contributed by atoms with E-state index in [9.17, 15) is 4.79 Å². The van der Waals surface area contributed by atoms with Crippen LogP contribution < -0.4 is 4.74 Å². The third-order valence-electron chi connectivity index (χ3n) is 3.64. The molecule has 2 aromatic rings. The van der Waals surface area contributed by atoms with Crippen molar-refractivity contribution in [3.8, 4) is 5.75 Å². The van der Waals surface area contributed by atoms with Crippen molar-refractivity contribution in [2.75, 3.05) is 6.61 Å². The van der Waals surface area contributed by atoms with Gasteiger partial charge in [0.05, 0.1) is 15.3 Å². The maximum atomic E-state index is 12.6. The smallest absolute Gasteiger partial charge is 0.203 e. The molecule has 2 heterocycles. The van der Waals surface area contributed by atoms with Crippen LogP contribution >= 0.6 is 27.3 Å². The van der Waals surface area contributed by atoms with Gasteiger partial charge in [0, 0.05) is 16.5 Å². The van der Waals surface area contributed by atoms with Crippen molar-refractivity contribution in [3.05, 3.63) is 49.6 Å². The highest BCUT2D eigenvalue weighted by molar-refractivity contribution is 9.11. The van der Waals surface area contributed by atoms with E-state index in [-0.39, 0.29) is 11.2 Å². The maximum absolute atomic E-state index is 12.6. The number of halogens is 1. The fourth-order valence-corrected chi connectivity index (χ4v) is 3.87. The minimum Gasteiger partial charge on any atom is -0.492 e. The number of ether oxygens (including phenoxy) is 1. The number of aryl methyl sites for hydroxylation is 1. The Morgan fingerprint density at radius 3 is 2.75 bits per heavy atom. The molecule has 0 saturated carbocycles. The number of benzene rings is 1. The van der Waals surface area contributed by atoms with E-state index in [4.69, 9.17) is 4.74 Å². The van der Waals surface area contributed by atoms with E-state index in [0.717, 1.165) is 31.1 Å². The number of ketones is 1. The second-order valence-corrected chi connectivity index (χ2v) is 8.15. The lowest BCUT2D eigenvalue weighted by Crippen LogP contribution is -2.18. The summed E-state index contributed by atoms with van der Waals surface area (Å²) in [7, 11) is 0. The van der Waals surface area contributed by atoms with Gasteiger partial charge >= 0.3 is 0 Å². The Morgan fingerprint density at radius 2 is 2.10 bits per heavy atom. The highest BCUT2D eigenvalue weighted by Gasteiger charge is 2.32. The summed E-state index contributed by atoms with van der Waals surface area (Å²) >= 11 is 4.96. The van der Waals surface area contributed by atoms with E-state index in [1.165, 1.54) is 11.3 Å². The molecule has 3 rings (SSSR count). The van der Waals surface area contributed by atoms with Crippen molar-refractivity contribution in [1.29, 1.82) is 0 Å². The maximum Gasteiger partial charge on any atom is 0.203 e. The Kier molecular flexibility index (Phi) is 3.26. The summed E-state index contributed by atoms with van der Waals surface area (Å²) in [6.07, 6.45) is 0. The topological polar surface area (TPSA) is 26.3 Å². The van der Waals surface area contributed by atoms with Crippen LogP contribution in [0.1, 0.15) is 40.2 Å². The second kappa shape index (κ2) is 4.71. The minimum absolute atomic E-state index is 0.0302. The number of hydrogen-bond acceptors (Lipinski definition) is 3. The lowest BCUT2D eigenvalue weighted by atomic mass is 9.86. The van der Waals surface area contributed by atoms with Gasteiger partial charge in [-0.05, 0) is 52.7 Å². The number of carbonyl (C=O) groups is 1. The summed E-state index contributed by atoms with van der Waals surface area (Å²) in [5.41, 5.74) is 2.92. The molecule has 0 unspecified atom stereocenters. The zero-order valence-corrected chi connectivity index (χ0v) is 14.0. The molecule has 0 atom stereocenters. The van der Waals surface area contributed by atoms with Gasteiger partial charge in [0.2, 0.25) is 5.78 Å². The zero-order chi connectivity index (χ0) is 14.5. The van der Waals surface area contributed by atoms with Crippen LogP contribution in [0.5, 0.6) is 5.75 Å². The Balaban J connectivity index is 2.01. The summed E-state index contributed by atoms with van der Waals surface area (Å²) in [5, 5.41) is 0. The molecule has 0 spiro atoms. The van der Waals surface area contributed by atoms with E-state index in [2.05, 4.69) is 29.8 Å². The van der Waals surface area contributed by atoms with Crippen molar-refractivity contribution in [1.82, 2.24) is 0 Å². The quantitative estimate of drug-likeness (QED) is 0.732. The summed E-state index contributed by atoms with van der Waals surface area (Å²) < 4.78 is 6.68. The summed E-state index contributed by atoms with van der Waals surface area (Å²) in [4.78, 5) is 13.3. The van der Waals surface area contributed by atoms with E-state index < -0.39 is 0 Å². The minimum atomic E-state index is -0.0302. The molecule has 1 aliphatic heterocycles. The molecular weight excluding hydrogens is 336 g/mol. The number of thiophene rings is 1. The molecular formula is C16H15BrO2S. The Hall–Kier alpha value is -1.13. The van der Waals surface area contributed by atoms with Gasteiger partial charge in [0.15, 0.2) is 0 Å². The molecule has 4 heteroatoms. The standard InChI is InChI=1S/C16H15BrO2S/c1-9-6-13(20-15(9)17)14(18)10-4-5-12-11(7-10)16(2,3)8-19-12/h4-7H,8H2,1-3H3. The third kappa shape index (κ3) is 2.21. The molecule has 0 bridgehead atoms. The number of rotatable bonds is 2. The first kappa shape index (κ1) is 13.8. The average molecular weight is 351 g/mol. The van der Waals surface area contributed by atoms with Gasteiger partial charge < -0.3 is 4.74 Å². The first-order valence-corrected chi connectivity index (χ1v) is 8.07. The molecule has 0 fully saturated rings. The van der Waals surface area contributed by atoms with Crippen LogP contribution in [0.4, 0.5) is 0 Å². The SMILES string of the molecule is Cc1cc(C(=O)c2ccc3c(c2)C(C)(C)CO3)sc1Br. The van der Waals surface area contributed by atoms with Crippen molar-refractivity contribution in [3.63, 3.8) is 0 Å². The predicted octanol–water partition coefficient (Wildman–Crippen LogP) is 4.72. The van der Waals surface area contributed by atoms with Crippen LogP contribution in [-0.4, -0.2) is 12.4 Å². The Morgan fingerprint density at radius 1 is 1.35 bits per heavy atom. The Bertz CT molecular complexity index is 681. The summed E-state index contributed by atoms with van der Waals surface area (Å²) in [6, 6.07) is 7.68. The highest BCUT2D eigenvalue weighted by atomic mass is 79.9. The van der Waals surface area contributed by atoms with Crippen molar-refractivity contribution in [2.24, 2.45) is 0 Å². The fourth-order valence-electron chi connectivity index (χ4n) is 2.38. The molecule has 20 heavy (non-hydrogen) atoms. The first-order chi connectivity index (χ1) is 9.38. The third-order valence-corrected chi connectivity index (χ3v) is 5.78. The van der Waals surface area contributed by atoms with Crippen LogP contribution in [0, 0.1) is 6.92 Å². The first-order valence-electron chi connectivity index (χ1n) is 6.46. The van der Waals surface area contributed by atoms with E-state index in [1.54, 1.807) is 0 Å². The van der Waals surface area contributed by atoms with Crippen LogP contribution in [-0.2, 0) is 5.41 Å². The molecule has 0 N–H and O–H groups in total. The second-order valence-electron chi connectivity index (χ2n) is 5.78. The van der Waals surface area contributed by atoms with Crippen molar-refractivity contribution < 1.29 is 9.53 Å². The largest absolute Gasteiger partial charge is 0.492 e. The monoisotopic (exact) mass is 350 g/mol. The van der Waals surface area contributed by atoms with Gasteiger partial charge in [-0.2, -0.15) is 0 Å². The van der Waals surface area contributed by atoms with Crippen LogP contribution in [0.25, 0.3) is 0 Å². The molecule has 2 nitrogen and oxygen atoms in total. The molecule has 104 valence electrons. The van der Waals surface area contributed by atoms with E-state index in [1.807, 2.05) is 31.2 Å². The molecule has 0 saturated heterocycles. The number of carbonyl (C=O) groups excluding carboxylic acids is 1. The van der Waals surface area contributed by atoms with Crippen LogP contribution in [0.15, 0.2) is 28.1 Å². The Labute approximate surface area is 130 Å². The van der Waals surface area contributed by atoms with Crippen molar-refractivity contribution >= 4 is 33.0 Å². The summed E-state index contributed by atoms with van der Waals surface area (Å²) in [5.74, 6) is 0.976. The highest BCUT2D eigenvalue weighted by Crippen LogP contribution is 2.39. The molecule has 0 amide bonds. The van der Waals surface area contributed by atoms with Gasteiger partial charge in [-0.3, -0.25) is 4.79 Å². The average Bonchev–Trinajstić information content (AvgIpc) is 2.90. The molecule has 0 aliphatic carbocycles. The summed E-state index contributed by atoms with van der Waals surface area (Å²) in [6.45, 7) is 6.94. The van der Waals surface area contributed by atoms with Gasteiger partial charge in [-0.25, -0.2) is 0 Å². The lowest BCUT2D eigenvalue weighted by molar-refractivity contribution is 0.104. The van der Waals surface area contributed by atoms with Crippen molar-refractivity contribution in [2.45, 2.75) is 26.2 Å². The van der Waals surface area contributed by atoms with Crippen LogP contribution in [0.3, 0.4) is 0 Å². The van der Waals surface area contributed by atoms with E-state index >= 15 is 0 Å². The zero-order valence-electron chi connectivity index (χ0n) is 11.6. The van der Waals surface area contributed by atoms with Gasteiger partial charge in [-0.1, -0.05) is 13.8 Å². The number of fused-ring (bicyclic) bond motifs is 1. The fraction of sp³-hybridized carbons (Fsp3) is 0.312. The molecule has 0 radical (unpaired) electrons. The lowest BCUT2D eigenvalue weighted by Gasteiger charge is -2.15. The van der Waals surface area contributed by atoms with Gasteiger partial charge in [0.1, 0.15) is 5.75 Å². The molecule has 1 aromatic heterocycles. The molecule has 1 aromatic carbocycles.